The summed E-state index contributed by atoms with van der Waals surface area (Å²) >= 11 is 5.94. The first kappa shape index (κ1) is 23.0. The number of aryl methyl sites for hydroxylation is 1. The smallest absolute Gasteiger partial charge is 0.312 e. The molecule has 0 radical (unpaired) electrons. The van der Waals surface area contributed by atoms with Gasteiger partial charge in [-0.1, -0.05) is 29.8 Å². The molecule has 1 N–H and O–H groups in total. The average Bonchev–Trinajstić information content (AvgIpc) is 3.36. The Balaban J connectivity index is 1.35. The topological polar surface area (TPSA) is 117 Å². The van der Waals surface area contributed by atoms with E-state index in [9.17, 15) is 14.9 Å². The fraction of sp³-hybridized carbons (Fsp3) is 0.174. The molecular formula is C23H21ClN6O4. The third-order valence-electron chi connectivity index (χ3n) is 5.13. The standard InChI is InChI=1S/C23H21ClN6O4/c1-15-22(30(32)33)16(2)29(27-15)12-17-6-8-18(9-7-17)23(31)26-20-11-25-28(13-20)14-34-21-5-3-4-19(24)10-21/h3-11,13H,12,14H2,1-2H3,(H,26,31). The van der Waals surface area contributed by atoms with Crippen molar-refractivity contribution in [1.82, 2.24) is 19.6 Å². The van der Waals surface area contributed by atoms with Crippen molar-refractivity contribution >= 4 is 28.9 Å². The molecule has 0 fully saturated rings. The number of amides is 1. The molecule has 1 amide bonds. The summed E-state index contributed by atoms with van der Waals surface area (Å²) in [5.41, 5.74) is 2.74. The summed E-state index contributed by atoms with van der Waals surface area (Å²) in [6.07, 6.45) is 3.19. The molecule has 4 rings (SSSR count). The van der Waals surface area contributed by atoms with Crippen molar-refractivity contribution in [2.24, 2.45) is 0 Å². The fourth-order valence-electron chi connectivity index (χ4n) is 3.44. The predicted octanol–water partition coefficient (Wildman–Crippen LogP) is 4.60. The molecule has 0 atom stereocenters. The van der Waals surface area contributed by atoms with Crippen LogP contribution >= 0.6 is 11.6 Å². The highest BCUT2D eigenvalue weighted by molar-refractivity contribution is 6.30. The third kappa shape index (κ3) is 5.24. The monoisotopic (exact) mass is 480 g/mol. The number of rotatable bonds is 8. The Bertz CT molecular complexity index is 1350. The molecule has 0 aliphatic heterocycles. The summed E-state index contributed by atoms with van der Waals surface area (Å²) < 4.78 is 8.76. The van der Waals surface area contributed by atoms with Crippen LogP contribution in [0.5, 0.6) is 5.75 Å². The van der Waals surface area contributed by atoms with Gasteiger partial charge in [0, 0.05) is 10.6 Å². The first-order chi connectivity index (χ1) is 16.3. The Labute approximate surface area is 199 Å². The van der Waals surface area contributed by atoms with Crippen molar-refractivity contribution < 1.29 is 14.5 Å². The first-order valence-electron chi connectivity index (χ1n) is 10.3. The Morgan fingerprint density at radius 3 is 2.65 bits per heavy atom. The Morgan fingerprint density at radius 2 is 1.97 bits per heavy atom. The molecule has 0 saturated carbocycles. The quantitative estimate of drug-likeness (QED) is 0.291. The molecule has 0 aliphatic rings. The van der Waals surface area contributed by atoms with Crippen LogP contribution in [0.2, 0.25) is 5.02 Å². The molecule has 0 saturated heterocycles. The zero-order chi connectivity index (χ0) is 24.2. The lowest BCUT2D eigenvalue weighted by molar-refractivity contribution is -0.386. The van der Waals surface area contributed by atoms with Crippen LogP contribution in [0.15, 0.2) is 60.9 Å². The molecule has 2 aromatic heterocycles. The highest BCUT2D eigenvalue weighted by atomic mass is 35.5. The SMILES string of the molecule is Cc1nn(Cc2ccc(C(=O)Nc3cnn(COc4cccc(Cl)c4)c3)cc2)c(C)c1[N+](=O)[O-]. The first-order valence-corrected chi connectivity index (χ1v) is 10.7. The number of carbonyl (C=O) groups excluding carboxylic acids is 1. The van der Waals surface area contributed by atoms with Crippen LogP contribution in [0.4, 0.5) is 11.4 Å². The van der Waals surface area contributed by atoms with E-state index in [2.05, 4.69) is 15.5 Å². The summed E-state index contributed by atoms with van der Waals surface area (Å²) in [5.74, 6) is 0.326. The second kappa shape index (κ2) is 9.75. The van der Waals surface area contributed by atoms with Gasteiger partial charge in [-0.25, -0.2) is 4.68 Å². The van der Waals surface area contributed by atoms with Crippen molar-refractivity contribution in [3.63, 3.8) is 0 Å². The van der Waals surface area contributed by atoms with E-state index in [1.165, 1.54) is 6.20 Å². The van der Waals surface area contributed by atoms with Gasteiger partial charge in [0.15, 0.2) is 6.73 Å². The number of anilines is 1. The second-order valence-electron chi connectivity index (χ2n) is 7.58. The molecule has 0 unspecified atom stereocenters. The summed E-state index contributed by atoms with van der Waals surface area (Å²) in [6, 6.07) is 14.0. The number of benzene rings is 2. The van der Waals surface area contributed by atoms with Gasteiger partial charge in [-0.05, 0) is 49.7 Å². The van der Waals surface area contributed by atoms with Crippen LogP contribution in [-0.2, 0) is 13.3 Å². The van der Waals surface area contributed by atoms with Gasteiger partial charge in [0.1, 0.15) is 17.1 Å². The van der Waals surface area contributed by atoms with Gasteiger partial charge in [-0.2, -0.15) is 10.2 Å². The fourth-order valence-corrected chi connectivity index (χ4v) is 3.62. The van der Waals surface area contributed by atoms with Crippen molar-refractivity contribution in [3.05, 3.63) is 98.6 Å². The number of nitrogens with one attached hydrogen (secondary N) is 1. The number of hydrogen-bond acceptors (Lipinski definition) is 6. The zero-order valence-electron chi connectivity index (χ0n) is 18.4. The number of carbonyl (C=O) groups is 1. The maximum absolute atomic E-state index is 12.6. The van der Waals surface area contributed by atoms with Gasteiger partial charge in [-0.15, -0.1) is 0 Å². The lowest BCUT2D eigenvalue weighted by Gasteiger charge is -2.07. The maximum Gasteiger partial charge on any atom is 0.312 e. The number of halogens is 1. The average molecular weight is 481 g/mol. The molecule has 11 heteroatoms. The molecule has 0 bridgehead atoms. The Morgan fingerprint density at radius 1 is 1.21 bits per heavy atom. The van der Waals surface area contributed by atoms with E-state index in [-0.39, 0.29) is 18.3 Å². The van der Waals surface area contributed by atoms with Gasteiger partial charge >= 0.3 is 5.69 Å². The van der Waals surface area contributed by atoms with Crippen LogP contribution in [0.3, 0.4) is 0 Å². The van der Waals surface area contributed by atoms with E-state index in [1.807, 2.05) is 0 Å². The van der Waals surface area contributed by atoms with Crippen LogP contribution in [0.25, 0.3) is 0 Å². The molecule has 34 heavy (non-hydrogen) atoms. The van der Waals surface area contributed by atoms with Crippen molar-refractivity contribution in [1.29, 1.82) is 0 Å². The molecule has 2 aromatic carbocycles. The minimum Gasteiger partial charge on any atom is -0.471 e. The molecular weight excluding hydrogens is 460 g/mol. The van der Waals surface area contributed by atoms with Crippen molar-refractivity contribution in [2.75, 3.05) is 5.32 Å². The molecule has 4 aromatic rings. The van der Waals surface area contributed by atoms with E-state index in [0.717, 1.165) is 5.56 Å². The van der Waals surface area contributed by atoms with Crippen LogP contribution < -0.4 is 10.1 Å². The number of aromatic nitrogens is 4. The van der Waals surface area contributed by atoms with Crippen molar-refractivity contribution in [2.45, 2.75) is 27.1 Å². The summed E-state index contributed by atoms with van der Waals surface area (Å²) in [5, 5.41) is 23.0. The van der Waals surface area contributed by atoms with Gasteiger partial charge in [0.25, 0.3) is 5.91 Å². The predicted molar refractivity (Wildman–Crippen MR) is 126 cm³/mol. The van der Waals surface area contributed by atoms with Crippen molar-refractivity contribution in [3.8, 4) is 5.75 Å². The highest BCUT2D eigenvalue weighted by Crippen LogP contribution is 2.23. The van der Waals surface area contributed by atoms with E-state index < -0.39 is 4.92 Å². The minimum atomic E-state index is -0.423. The van der Waals surface area contributed by atoms with Gasteiger partial charge in [-0.3, -0.25) is 19.6 Å². The summed E-state index contributed by atoms with van der Waals surface area (Å²) in [4.78, 5) is 23.4. The number of hydrogen-bond donors (Lipinski definition) is 1. The Hall–Kier alpha value is -4.18. The molecule has 0 spiro atoms. The lowest BCUT2D eigenvalue weighted by Crippen LogP contribution is -2.12. The minimum absolute atomic E-state index is 0.0227. The van der Waals surface area contributed by atoms with E-state index in [0.29, 0.717) is 40.0 Å². The summed E-state index contributed by atoms with van der Waals surface area (Å²) in [7, 11) is 0. The molecule has 0 aliphatic carbocycles. The highest BCUT2D eigenvalue weighted by Gasteiger charge is 2.21. The van der Waals surface area contributed by atoms with Crippen LogP contribution in [0, 0.1) is 24.0 Å². The number of nitrogens with zero attached hydrogens (tertiary/aromatic N) is 5. The zero-order valence-corrected chi connectivity index (χ0v) is 19.2. The third-order valence-corrected chi connectivity index (χ3v) is 5.36. The van der Waals surface area contributed by atoms with Gasteiger partial charge in [0.05, 0.1) is 29.5 Å². The van der Waals surface area contributed by atoms with E-state index in [1.54, 1.807) is 77.9 Å². The molecule has 174 valence electrons. The lowest BCUT2D eigenvalue weighted by atomic mass is 10.1. The largest absolute Gasteiger partial charge is 0.471 e. The Kier molecular flexibility index (Phi) is 6.60. The molecule has 10 nitrogen and oxygen atoms in total. The van der Waals surface area contributed by atoms with E-state index in [4.69, 9.17) is 16.3 Å². The van der Waals surface area contributed by atoms with E-state index >= 15 is 0 Å². The molecule has 2 heterocycles. The van der Waals surface area contributed by atoms with Gasteiger partial charge in [0.2, 0.25) is 0 Å². The maximum atomic E-state index is 12.6. The number of nitro groups is 1. The second-order valence-corrected chi connectivity index (χ2v) is 8.02. The normalized spacial score (nSPS) is 10.8. The van der Waals surface area contributed by atoms with Gasteiger partial charge < -0.3 is 10.1 Å². The number of ether oxygens (including phenoxy) is 1. The van der Waals surface area contributed by atoms with Crippen LogP contribution in [-0.4, -0.2) is 30.4 Å². The van der Waals surface area contributed by atoms with Crippen LogP contribution in [0.1, 0.15) is 27.3 Å². The summed E-state index contributed by atoms with van der Waals surface area (Å²) in [6.45, 7) is 3.80.